The quantitative estimate of drug-likeness (QED) is 0.781. The summed E-state index contributed by atoms with van der Waals surface area (Å²) in [6, 6.07) is 3.78. The van der Waals surface area contributed by atoms with Gasteiger partial charge in [0.05, 0.1) is 0 Å². The monoisotopic (exact) mass is 217 g/mol. The van der Waals surface area contributed by atoms with Crippen molar-refractivity contribution in [2.45, 2.75) is 13.5 Å². The number of anilines is 1. The molecule has 0 aromatic carbocycles. The Morgan fingerprint density at radius 2 is 2.31 bits per heavy atom. The van der Waals surface area contributed by atoms with Crippen molar-refractivity contribution in [3.05, 3.63) is 46.1 Å². The second-order valence-electron chi connectivity index (χ2n) is 3.30. The summed E-state index contributed by atoms with van der Waals surface area (Å²) in [6.45, 7) is 2.15. The molecule has 0 bridgehead atoms. The number of aryl methyl sites for hydroxylation is 1. The summed E-state index contributed by atoms with van der Waals surface area (Å²) >= 11 is 0. The van der Waals surface area contributed by atoms with E-state index < -0.39 is 0 Å². The lowest BCUT2D eigenvalue weighted by Gasteiger charge is -2.03. The maximum absolute atomic E-state index is 11.2. The van der Waals surface area contributed by atoms with E-state index in [-0.39, 0.29) is 5.56 Å². The smallest absolute Gasteiger partial charge is 0.273 e. The summed E-state index contributed by atoms with van der Waals surface area (Å²) < 4.78 is 0. The van der Waals surface area contributed by atoms with E-state index in [4.69, 9.17) is 0 Å². The second kappa shape index (κ2) is 4.52. The zero-order valence-electron chi connectivity index (χ0n) is 8.77. The Hall–Kier alpha value is -2.24. The number of nitrogens with one attached hydrogen (secondary N) is 2. The molecule has 6 nitrogen and oxygen atoms in total. The van der Waals surface area contributed by atoms with Gasteiger partial charge in [-0.2, -0.15) is 0 Å². The molecule has 0 unspecified atom stereocenters. The molecule has 0 atom stereocenters. The Bertz CT molecular complexity index is 522. The summed E-state index contributed by atoms with van der Waals surface area (Å²) in [4.78, 5) is 17.8. The average molecular weight is 217 g/mol. The molecular formula is C10H11N5O. The molecule has 0 saturated heterocycles. The fourth-order valence-corrected chi connectivity index (χ4v) is 1.16. The van der Waals surface area contributed by atoms with Gasteiger partial charge in [0.15, 0.2) is 0 Å². The van der Waals surface area contributed by atoms with Crippen LogP contribution in [-0.4, -0.2) is 20.2 Å². The molecule has 2 rings (SSSR count). The fourth-order valence-electron chi connectivity index (χ4n) is 1.16. The van der Waals surface area contributed by atoms with Gasteiger partial charge in [-0.1, -0.05) is 6.07 Å². The zero-order valence-corrected chi connectivity index (χ0v) is 8.77. The number of H-pyrrole nitrogens is 1. The molecule has 0 saturated carbocycles. The number of hydrogen-bond donors (Lipinski definition) is 2. The van der Waals surface area contributed by atoms with E-state index in [0.717, 1.165) is 5.56 Å². The third kappa shape index (κ3) is 2.41. The van der Waals surface area contributed by atoms with Gasteiger partial charge in [-0.15, -0.1) is 10.2 Å². The van der Waals surface area contributed by atoms with Crippen LogP contribution >= 0.6 is 0 Å². The van der Waals surface area contributed by atoms with E-state index in [0.29, 0.717) is 18.2 Å². The van der Waals surface area contributed by atoms with Gasteiger partial charge >= 0.3 is 0 Å². The lowest BCUT2D eigenvalue weighted by molar-refractivity contribution is 0.887. The lowest BCUT2D eigenvalue weighted by atomic mass is 10.3. The number of hydrogen-bond acceptors (Lipinski definition) is 5. The second-order valence-corrected chi connectivity index (χ2v) is 3.30. The molecule has 2 aromatic heterocycles. The largest absolute Gasteiger partial charge is 0.350 e. The molecular weight excluding hydrogens is 206 g/mol. The maximum Gasteiger partial charge on any atom is 0.273 e. The van der Waals surface area contributed by atoms with Crippen molar-refractivity contribution in [2.24, 2.45) is 0 Å². The topological polar surface area (TPSA) is 83.6 Å². The molecule has 2 N–H and O–H groups in total. The molecule has 2 heterocycles. The summed E-state index contributed by atoms with van der Waals surface area (Å²) in [6.07, 6.45) is 3.45. The van der Waals surface area contributed by atoms with Gasteiger partial charge in [0.2, 0.25) is 5.95 Å². The molecule has 0 fully saturated rings. The minimum absolute atomic E-state index is 0.233. The summed E-state index contributed by atoms with van der Waals surface area (Å²) in [5, 5.41) is 10.5. The Morgan fingerprint density at radius 3 is 3.00 bits per heavy atom. The molecule has 82 valence electrons. The van der Waals surface area contributed by atoms with E-state index in [1.807, 2.05) is 12.1 Å². The Morgan fingerprint density at radius 1 is 1.44 bits per heavy atom. The lowest BCUT2D eigenvalue weighted by Crippen LogP contribution is -2.17. The van der Waals surface area contributed by atoms with Crippen LogP contribution in [0.5, 0.6) is 0 Å². The van der Waals surface area contributed by atoms with Crippen molar-refractivity contribution in [2.75, 3.05) is 5.32 Å². The van der Waals surface area contributed by atoms with Crippen LogP contribution in [0.25, 0.3) is 0 Å². The van der Waals surface area contributed by atoms with Gasteiger partial charge in [-0.25, -0.2) is 0 Å². The van der Waals surface area contributed by atoms with Gasteiger partial charge in [0, 0.05) is 18.9 Å². The van der Waals surface area contributed by atoms with Gasteiger partial charge in [-0.05, 0) is 18.6 Å². The number of aromatic amines is 1. The van der Waals surface area contributed by atoms with Crippen LogP contribution in [0.1, 0.15) is 11.3 Å². The SMILES string of the molecule is Cc1nnc(NCc2cccnc2)[nH]c1=O. The molecule has 6 heteroatoms. The van der Waals surface area contributed by atoms with Gasteiger partial charge in [-0.3, -0.25) is 14.8 Å². The number of aromatic nitrogens is 4. The van der Waals surface area contributed by atoms with Gasteiger partial charge < -0.3 is 5.32 Å². The predicted octanol–water partition coefficient (Wildman–Crippen LogP) is 0.480. The van der Waals surface area contributed by atoms with Crippen molar-refractivity contribution < 1.29 is 0 Å². The predicted molar refractivity (Wildman–Crippen MR) is 59.0 cm³/mol. The molecule has 0 aliphatic rings. The van der Waals surface area contributed by atoms with Crippen molar-refractivity contribution in [1.29, 1.82) is 0 Å². The number of pyridine rings is 1. The summed E-state index contributed by atoms with van der Waals surface area (Å²) in [5.41, 5.74) is 1.13. The van der Waals surface area contributed by atoms with Crippen LogP contribution in [0, 0.1) is 6.92 Å². The minimum atomic E-state index is -0.233. The molecule has 0 radical (unpaired) electrons. The highest BCUT2D eigenvalue weighted by molar-refractivity contribution is 5.24. The third-order valence-corrected chi connectivity index (χ3v) is 2.04. The van der Waals surface area contributed by atoms with Crippen molar-refractivity contribution in [1.82, 2.24) is 20.2 Å². The molecule has 2 aromatic rings. The molecule has 0 amide bonds. The zero-order chi connectivity index (χ0) is 11.4. The Labute approximate surface area is 91.8 Å². The maximum atomic E-state index is 11.2. The average Bonchev–Trinajstić information content (AvgIpc) is 2.32. The van der Waals surface area contributed by atoms with E-state index in [1.54, 1.807) is 19.3 Å². The van der Waals surface area contributed by atoms with Crippen LogP contribution in [0.3, 0.4) is 0 Å². The first-order valence-electron chi connectivity index (χ1n) is 4.82. The van der Waals surface area contributed by atoms with Crippen LogP contribution < -0.4 is 10.9 Å². The normalized spacial score (nSPS) is 10.1. The number of rotatable bonds is 3. The van der Waals surface area contributed by atoms with Crippen LogP contribution in [0.15, 0.2) is 29.3 Å². The first-order chi connectivity index (χ1) is 7.75. The van der Waals surface area contributed by atoms with Crippen LogP contribution in [0.2, 0.25) is 0 Å². The highest BCUT2D eigenvalue weighted by Gasteiger charge is 1.99. The van der Waals surface area contributed by atoms with Crippen LogP contribution in [0.4, 0.5) is 5.95 Å². The first kappa shape index (κ1) is 10.3. The van der Waals surface area contributed by atoms with E-state index in [9.17, 15) is 4.79 Å². The van der Waals surface area contributed by atoms with Gasteiger partial charge in [0.1, 0.15) is 5.69 Å². The van der Waals surface area contributed by atoms with Crippen LogP contribution in [-0.2, 0) is 6.54 Å². The first-order valence-corrected chi connectivity index (χ1v) is 4.82. The summed E-state index contributed by atoms with van der Waals surface area (Å²) in [7, 11) is 0. The minimum Gasteiger partial charge on any atom is -0.350 e. The number of nitrogens with zero attached hydrogens (tertiary/aromatic N) is 3. The standard InChI is InChI=1S/C10H11N5O/c1-7-9(16)13-10(15-14-7)12-6-8-3-2-4-11-5-8/h2-5H,6H2,1H3,(H2,12,13,15,16). The highest BCUT2D eigenvalue weighted by Crippen LogP contribution is 1.99. The highest BCUT2D eigenvalue weighted by atomic mass is 16.1. The Kier molecular flexibility index (Phi) is 2.90. The van der Waals surface area contributed by atoms with E-state index in [2.05, 4.69) is 25.5 Å². The molecule has 0 spiro atoms. The molecule has 0 aliphatic carbocycles. The van der Waals surface area contributed by atoms with E-state index >= 15 is 0 Å². The van der Waals surface area contributed by atoms with Gasteiger partial charge in [0.25, 0.3) is 5.56 Å². The van der Waals surface area contributed by atoms with Crippen molar-refractivity contribution >= 4 is 5.95 Å². The Balaban J connectivity index is 2.05. The molecule has 0 aliphatic heterocycles. The molecule has 16 heavy (non-hydrogen) atoms. The fraction of sp³-hybridized carbons (Fsp3) is 0.200. The summed E-state index contributed by atoms with van der Waals surface area (Å²) in [5.74, 6) is 0.361. The third-order valence-electron chi connectivity index (χ3n) is 2.04. The van der Waals surface area contributed by atoms with Crippen molar-refractivity contribution in [3.8, 4) is 0 Å². The van der Waals surface area contributed by atoms with E-state index in [1.165, 1.54) is 0 Å². The van der Waals surface area contributed by atoms with Crippen molar-refractivity contribution in [3.63, 3.8) is 0 Å².